The Morgan fingerprint density at radius 1 is 1.46 bits per heavy atom. The van der Waals surface area contributed by atoms with E-state index in [1.807, 2.05) is 6.92 Å². The Labute approximate surface area is 163 Å². The van der Waals surface area contributed by atoms with E-state index in [9.17, 15) is 14.3 Å². The van der Waals surface area contributed by atoms with E-state index in [0.29, 0.717) is 30.8 Å². The summed E-state index contributed by atoms with van der Waals surface area (Å²) in [6.07, 6.45) is 1.90. The number of aromatic nitrogens is 3. The molecule has 1 saturated heterocycles. The van der Waals surface area contributed by atoms with Crippen LogP contribution in [0.5, 0.6) is 0 Å². The van der Waals surface area contributed by atoms with Crippen molar-refractivity contribution in [3.63, 3.8) is 0 Å². The van der Waals surface area contributed by atoms with E-state index in [1.165, 1.54) is 17.0 Å². The summed E-state index contributed by atoms with van der Waals surface area (Å²) in [6, 6.07) is 5.97. The van der Waals surface area contributed by atoms with Crippen molar-refractivity contribution in [3.05, 3.63) is 59.6 Å². The number of carbonyl (C=O) groups is 1. The summed E-state index contributed by atoms with van der Waals surface area (Å²) in [5.41, 5.74) is -0.569. The lowest BCUT2D eigenvalue weighted by molar-refractivity contribution is 0.0284. The summed E-state index contributed by atoms with van der Waals surface area (Å²) < 4.78 is 20.6. The zero-order chi connectivity index (χ0) is 20.3. The quantitative estimate of drug-likeness (QED) is 0.787. The van der Waals surface area contributed by atoms with Gasteiger partial charge in [0.05, 0.1) is 13.2 Å². The fourth-order valence-corrected chi connectivity index (χ4v) is 3.25. The number of rotatable bonds is 7. The molecule has 1 aliphatic rings. The monoisotopic (exact) mass is 388 g/mol. The van der Waals surface area contributed by atoms with E-state index in [2.05, 4.69) is 16.8 Å². The van der Waals surface area contributed by atoms with Gasteiger partial charge in [0.15, 0.2) is 0 Å². The molecule has 8 heteroatoms. The van der Waals surface area contributed by atoms with Gasteiger partial charge in [0.1, 0.15) is 17.2 Å². The van der Waals surface area contributed by atoms with Crippen molar-refractivity contribution >= 4 is 5.91 Å². The molecular formula is C20H25FN4O3. The average molecular weight is 388 g/mol. The van der Waals surface area contributed by atoms with Crippen LogP contribution in [0.1, 0.15) is 41.8 Å². The van der Waals surface area contributed by atoms with Crippen molar-refractivity contribution in [1.82, 2.24) is 19.7 Å². The molecule has 1 fully saturated rings. The first-order valence-electron chi connectivity index (χ1n) is 9.30. The van der Waals surface area contributed by atoms with Gasteiger partial charge in [0.25, 0.3) is 5.91 Å². The van der Waals surface area contributed by atoms with E-state index in [-0.39, 0.29) is 24.7 Å². The first-order valence-corrected chi connectivity index (χ1v) is 9.30. The van der Waals surface area contributed by atoms with Crippen LogP contribution in [0.3, 0.4) is 0 Å². The van der Waals surface area contributed by atoms with Crippen LogP contribution in [-0.2, 0) is 24.8 Å². The molecule has 0 unspecified atom stereocenters. The third-order valence-electron chi connectivity index (χ3n) is 4.97. The number of hydrogen-bond donors (Lipinski definition) is 1. The minimum atomic E-state index is -1.35. The standard InChI is InChI=1S/C20H25FN4O3/c1-4-6-17-22-23-18(24(17)3)19(26)25(12-15-7-5-8-16(21)11-15)14(2)20(27)9-10-28-13-20/h5,7-8,11,27H,2,4,6,9-10,12-13H2,1,3H3/t20-/m1/s1. The lowest BCUT2D eigenvalue weighted by atomic mass is 9.98. The van der Waals surface area contributed by atoms with Crippen LogP contribution in [0.2, 0.25) is 0 Å². The van der Waals surface area contributed by atoms with Gasteiger partial charge in [0.2, 0.25) is 5.82 Å². The number of amides is 1. The molecule has 1 atom stereocenters. The normalized spacial score (nSPS) is 19.0. The molecule has 2 heterocycles. The van der Waals surface area contributed by atoms with Gasteiger partial charge in [-0.05, 0) is 24.1 Å². The first-order chi connectivity index (χ1) is 13.4. The van der Waals surface area contributed by atoms with Crippen LogP contribution in [-0.4, -0.2) is 49.5 Å². The van der Waals surface area contributed by atoms with Gasteiger partial charge in [0, 0.05) is 32.2 Å². The molecule has 0 radical (unpaired) electrons. The summed E-state index contributed by atoms with van der Waals surface area (Å²) >= 11 is 0. The second-order valence-corrected chi connectivity index (χ2v) is 7.05. The number of aliphatic hydroxyl groups is 1. The van der Waals surface area contributed by atoms with Gasteiger partial charge in [-0.2, -0.15) is 0 Å². The molecule has 1 aliphatic heterocycles. The topological polar surface area (TPSA) is 80.5 Å². The predicted molar refractivity (Wildman–Crippen MR) is 101 cm³/mol. The van der Waals surface area contributed by atoms with Crippen LogP contribution < -0.4 is 0 Å². The Bertz CT molecular complexity index is 874. The van der Waals surface area contributed by atoms with Crippen LogP contribution >= 0.6 is 0 Å². The molecule has 0 aliphatic carbocycles. The van der Waals surface area contributed by atoms with Crippen LogP contribution in [0.4, 0.5) is 4.39 Å². The highest BCUT2D eigenvalue weighted by Gasteiger charge is 2.40. The van der Waals surface area contributed by atoms with Gasteiger partial charge in [-0.25, -0.2) is 4.39 Å². The van der Waals surface area contributed by atoms with Crippen molar-refractivity contribution < 1.29 is 19.0 Å². The van der Waals surface area contributed by atoms with Crippen molar-refractivity contribution in [1.29, 1.82) is 0 Å². The number of carbonyl (C=O) groups excluding carboxylic acids is 1. The fraction of sp³-hybridized carbons (Fsp3) is 0.450. The van der Waals surface area contributed by atoms with Crippen LogP contribution in [0.15, 0.2) is 36.5 Å². The van der Waals surface area contributed by atoms with E-state index in [4.69, 9.17) is 4.74 Å². The van der Waals surface area contributed by atoms with Gasteiger partial charge >= 0.3 is 0 Å². The average Bonchev–Trinajstić information content (AvgIpc) is 3.26. The van der Waals surface area contributed by atoms with E-state index in [1.54, 1.807) is 23.7 Å². The number of aryl methyl sites for hydroxylation is 1. The molecule has 1 aromatic carbocycles. The molecule has 150 valence electrons. The number of nitrogens with zero attached hydrogens (tertiary/aromatic N) is 4. The molecule has 1 aromatic heterocycles. The number of benzene rings is 1. The zero-order valence-electron chi connectivity index (χ0n) is 16.2. The lowest BCUT2D eigenvalue weighted by Crippen LogP contribution is -2.43. The lowest BCUT2D eigenvalue weighted by Gasteiger charge is -2.33. The van der Waals surface area contributed by atoms with Crippen molar-refractivity contribution in [2.24, 2.45) is 7.05 Å². The third kappa shape index (κ3) is 3.98. The Kier molecular flexibility index (Phi) is 5.90. The van der Waals surface area contributed by atoms with Crippen LogP contribution in [0, 0.1) is 5.82 Å². The summed E-state index contributed by atoms with van der Waals surface area (Å²) in [7, 11) is 1.73. The molecule has 3 rings (SSSR count). The molecule has 1 amide bonds. The summed E-state index contributed by atoms with van der Waals surface area (Å²) in [5, 5.41) is 19.0. The maximum absolute atomic E-state index is 13.6. The second kappa shape index (κ2) is 8.20. The first kappa shape index (κ1) is 20.2. The highest BCUT2D eigenvalue weighted by atomic mass is 19.1. The van der Waals surface area contributed by atoms with Crippen molar-refractivity contribution in [2.45, 2.75) is 38.3 Å². The number of ether oxygens (including phenoxy) is 1. The molecule has 0 spiro atoms. The Morgan fingerprint density at radius 3 is 2.89 bits per heavy atom. The van der Waals surface area contributed by atoms with Crippen molar-refractivity contribution in [3.8, 4) is 0 Å². The van der Waals surface area contributed by atoms with Gasteiger partial charge < -0.3 is 19.3 Å². The second-order valence-electron chi connectivity index (χ2n) is 7.05. The summed E-state index contributed by atoms with van der Waals surface area (Å²) in [6.45, 7) is 6.47. The van der Waals surface area contributed by atoms with E-state index in [0.717, 1.165) is 6.42 Å². The number of halogens is 1. The Balaban J connectivity index is 1.95. The molecule has 7 nitrogen and oxygen atoms in total. The zero-order valence-corrected chi connectivity index (χ0v) is 16.2. The molecular weight excluding hydrogens is 363 g/mol. The largest absolute Gasteiger partial charge is 0.381 e. The Morgan fingerprint density at radius 2 is 2.25 bits per heavy atom. The predicted octanol–water partition coefficient (Wildman–Crippen LogP) is 2.21. The van der Waals surface area contributed by atoms with Gasteiger partial charge in [-0.1, -0.05) is 25.6 Å². The maximum Gasteiger partial charge on any atom is 0.296 e. The smallest absolute Gasteiger partial charge is 0.296 e. The van der Waals surface area contributed by atoms with E-state index >= 15 is 0 Å². The van der Waals surface area contributed by atoms with Gasteiger partial charge in [-0.15, -0.1) is 10.2 Å². The molecule has 0 saturated carbocycles. The highest BCUT2D eigenvalue weighted by Crippen LogP contribution is 2.30. The maximum atomic E-state index is 13.6. The third-order valence-corrected chi connectivity index (χ3v) is 4.97. The minimum absolute atomic E-state index is 0.0493. The Hall–Kier alpha value is -2.58. The fourth-order valence-electron chi connectivity index (χ4n) is 3.25. The molecule has 0 bridgehead atoms. The molecule has 28 heavy (non-hydrogen) atoms. The SMILES string of the molecule is C=C(N(Cc1cccc(F)c1)C(=O)c1nnc(CCC)n1C)[C@@]1(O)CCOC1. The molecule has 1 N–H and O–H groups in total. The van der Waals surface area contributed by atoms with Crippen LogP contribution in [0.25, 0.3) is 0 Å². The van der Waals surface area contributed by atoms with E-state index < -0.39 is 17.3 Å². The summed E-state index contributed by atoms with van der Waals surface area (Å²) in [5.74, 6) is -0.0113. The van der Waals surface area contributed by atoms with Gasteiger partial charge in [-0.3, -0.25) is 4.79 Å². The minimum Gasteiger partial charge on any atom is -0.381 e. The summed E-state index contributed by atoms with van der Waals surface area (Å²) in [4.78, 5) is 14.6. The highest BCUT2D eigenvalue weighted by molar-refractivity contribution is 5.92. The molecule has 2 aromatic rings. The van der Waals surface area contributed by atoms with Crippen molar-refractivity contribution in [2.75, 3.05) is 13.2 Å². The number of hydrogen-bond acceptors (Lipinski definition) is 5.